The first kappa shape index (κ1) is 17.3. The Balaban J connectivity index is 1.87. The fourth-order valence-electron chi connectivity index (χ4n) is 2.63. The molecule has 0 spiro atoms. The highest BCUT2D eigenvalue weighted by Crippen LogP contribution is 2.23. The standard InChI is InChI=1S/C18H15Cl2N3O2/c19-12-3-1-2-10(6-12)15(9-17(21)24)23-18(25)16-7-11-4-5-13(20)8-14(11)22-16/h1-8,15,22H,9H2,(H2,21,24)(H,23,25)/t15-/m1/s1. The van der Waals surface area contributed by atoms with Gasteiger partial charge in [-0.15, -0.1) is 0 Å². The van der Waals surface area contributed by atoms with E-state index in [4.69, 9.17) is 28.9 Å². The van der Waals surface area contributed by atoms with Crippen molar-refractivity contribution in [1.29, 1.82) is 0 Å². The highest BCUT2D eigenvalue weighted by atomic mass is 35.5. The third-order valence-electron chi connectivity index (χ3n) is 3.79. The number of carbonyl (C=O) groups is 2. The minimum Gasteiger partial charge on any atom is -0.370 e. The van der Waals surface area contributed by atoms with Gasteiger partial charge >= 0.3 is 0 Å². The number of benzene rings is 2. The van der Waals surface area contributed by atoms with E-state index in [0.29, 0.717) is 21.3 Å². The Bertz CT molecular complexity index is 952. The van der Waals surface area contributed by atoms with Gasteiger partial charge in [0.15, 0.2) is 0 Å². The molecule has 0 fully saturated rings. The average Bonchev–Trinajstić information content (AvgIpc) is 2.97. The Labute approximate surface area is 154 Å². The molecule has 0 aliphatic heterocycles. The van der Waals surface area contributed by atoms with Crippen LogP contribution >= 0.6 is 23.2 Å². The van der Waals surface area contributed by atoms with Crippen molar-refractivity contribution >= 4 is 45.9 Å². The zero-order valence-corrected chi connectivity index (χ0v) is 14.6. The molecular formula is C18H15Cl2N3O2. The van der Waals surface area contributed by atoms with Crippen LogP contribution in [0.2, 0.25) is 10.0 Å². The molecule has 0 saturated carbocycles. The molecule has 1 atom stereocenters. The van der Waals surface area contributed by atoms with Crippen LogP contribution in [0.3, 0.4) is 0 Å². The molecule has 0 bridgehead atoms. The molecule has 2 amide bonds. The summed E-state index contributed by atoms with van der Waals surface area (Å²) < 4.78 is 0. The first-order chi connectivity index (χ1) is 11.9. The zero-order valence-electron chi connectivity index (χ0n) is 13.1. The Hall–Kier alpha value is -2.50. The lowest BCUT2D eigenvalue weighted by atomic mass is 10.0. The van der Waals surface area contributed by atoms with E-state index >= 15 is 0 Å². The fourth-order valence-corrected chi connectivity index (χ4v) is 3.01. The van der Waals surface area contributed by atoms with E-state index in [1.807, 2.05) is 6.07 Å². The van der Waals surface area contributed by atoms with Crippen molar-refractivity contribution in [2.24, 2.45) is 5.73 Å². The number of rotatable bonds is 5. The van der Waals surface area contributed by atoms with Crippen molar-refractivity contribution in [1.82, 2.24) is 10.3 Å². The van der Waals surface area contributed by atoms with E-state index in [-0.39, 0.29) is 12.3 Å². The Morgan fingerprint density at radius 2 is 1.84 bits per heavy atom. The second-order valence-corrected chi connectivity index (χ2v) is 6.54. The highest BCUT2D eigenvalue weighted by Gasteiger charge is 2.19. The van der Waals surface area contributed by atoms with Crippen molar-refractivity contribution in [3.8, 4) is 0 Å². The number of hydrogen-bond donors (Lipinski definition) is 3. The molecule has 0 unspecified atom stereocenters. The van der Waals surface area contributed by atoms with E-state index in [9.17, 15) is 9.59 Å². The molecule has 0 aliphatic rings. The number of nitrogens with two attached hydrogens (primary N) is 1. The van der Waals surface area contributed by atoms with Crippen LogP contribution < -0.4 is 11.1 Å². The predicted octanol–water partition coefficient (Wildman–Crippen LogP) is 3.82. The molecule has 3 aromatic rings. The Morgan fingerprint density at radius 3 is 2.56 bits per heavy atom. The summed E-state index contributed by atoms with van der Waals surface area (Å²) >= 11 is 12.0. The van der Waals surface area contributed by atoms with Crippen molar-refractivity contribution in [3.05, 3.63) is 69.8 Å². The summed E-state index contributed by atoms with van der Waals surface area (Å²) in [6, 6.07) is 13.4. The molecule has 2 aromatic carbocycles. The molecule has 0 aliphatic carbocycles. The Morgan fingerprint density at radius 1 is 1.08 bits per heavy atom. The maximum atomic E-state index is 12.6. The van der Waals surface area contributed by atoms with Crippen LogP contribution in [0.4, 0.5) is 0 Å². The monoisotopic (exact) mass is 375 g/mol. The number of aromatic amines is 1. The van der Waals surface area contributed by atoms with Gasteiger partial charge < -0.3 is 16.0 Å². The third-order valence-corrected chi connectivity index (χ3v) is 4.26. The van der Waals surface area contributed by atoms with Gasteiger partial charge in [0.1, 0.15) is 5.69 Å². The van der Waals surface area contributed by atoms with Gasteiger partial charge in [0.05, 0.1) is 12.5 Å². The SMILES string of the molecule is NC(=O)C[C@@H](NC(=O)c1cc2ccc(Cl)cc2[nH]1)c1cccc(Cl)c1. The second-order valence-electron chi connectivity index (χ2n) is 5.67. The maximum Gasteiger partial charge on any atom is 0.268 e. The summed E-state index contributed by atoms with van der Waals surface area (Å²) in [5.41, 5.74) is 7.15. The van der Waals surface area contributed by atoms with Crippen LogP contribution in [0.15, 0.2) is 48.5 Å². The van der Waals surface area contributed by atoms with Crippen molar-refractivity contribution in [2.45, 2.75) is 12.5 Å². The molecule has 0 radical (unpaired) electrons. The number of amides is 2. The van der Waals surface area contributed by atoms with Crippen LogP contribution in [0.25, 0.3) is 10.9 Å². The average molecular weight is 376 g/mol. The quantitative estimate of drug-likeness (QED) is 0.632. The lowest BCUT2D eigenvalue weighted by molar-refractivity contribution is -0.118. The fraction of sp³-hybridized carbons (Fsp3) is 0.111. The normalized spacial score (nSPS) is 12.1. The van der Waals surface area contributed by atoms with Gasteiger partial charge in [-0.05, 0) is 35.9 Å². The number of hydrogen-bond acceptors (Lipinski definition) is 2. The molecule has 7 heteroatoms. The van der Waals surface area contributed by atoms with Gasteiger partial charge in [-0.25, -0.2) is 0 Å². The van der Waals surface area contributed by atoms with Crippen molar-refractivity contribution in [3.63, 3.8) is 0 Å². The van der Waals surface area contributed by atoms with E-state index in [2.05, 4.69) is 10.3 Å². The number of nitrogens with one attached hydrogen (secondary N) is 2. The van der Waals surface area contributed by atoms with Crippen LogP contribution in [-0.2, 0) is 4.79 Å². The van der Waals surface area contributed by atoms with Crippen molar-refractivity contribution in [2.75, 3.05) is 0 Å². The predicted molar refractivity (Wildman–Crippen MR) is 98.8 cm³/mol. The molecule has 4 N–H and O–H groups in total. The topological polar surface area (TPSA) is 88.0 Å². The van der Waals surface area contributed by atoms with Crippen LogP contribution in [0.1, 0.15) is 28.5 Å². The summed E-state index contributed by atoms with van der Waals surface area (Å²) in [5.74, 6) is -0.868. The van der Waals surface area contributed by atoms with Crippen LogP contribution in [0, 0.1) is 0 Å². The maximum absolute atomic E-state index is 12.6. The molecule has 0 saturated heterocycles. The summed E-state index contributed by atoms with van der Waals surface area (Å²) in [7, 11) is 0. The van der Waals surface area contributed by atoms with E-state index in [1.165, 1.54) is 0 Å². The number of fused-ring (bicyclic) bond motifs is 1. The minimum absolute atomic E-state index is 0.0296. The first-order valence-corrected chi connectivity index (χ1v) is 8.31. The summed E-state index contributed by atoms with van der Waals surface area (Å²) in [6.45, 7) is 0. The number of H-pyrrole nitrogens is 1. The van der Waals surface area contributed by atoms with E-state index in [0.717, 1.165) is 10.9 Å². The molecule has 1 aromatic heterocycles. The Kier molecular flexibility index (Phi) is 4.97. The molecule has 3 rings (SSSR count). The summed E-state index contributed by atoms with van der Waals surface area (Å²) in [5, 5.41) is 4.78. The van der Waals surface area contributed by atoms with Gasteiger partial charge in [-0.1, -0.05) is 41.4 Å². The summed E-state index contributed by atoms with van der Waals surface area (Å²) in [4.78, 5) is 27.0. The van der Waals surface area contributed by atoms with Crippen molar-refractivity contribution < 1.29 is 9.59 Å². The second kappa shape index (κ2) is 7.17. The van der Waals surface area contributed by atoms with Gasteiger partial charge in [-0.3, -0.25) is 9.59 Å². The molecule has 1 heterocycles. The molecule has 25 heavy (non-hydrogen) atoms. The van der Waals surface area contributed by atoms with E-state index < -0.39 is 11.9 Å². The first-order valence-electron chi connectivity index (χ1n) is 7.55. The molecule has 5 nitrogen and oxygen atoms in total. The number of primary amides is 1. The van der Waals surface area contributed by atoms with Crippen LogP contribution in [0.5, 0.6) is 0 Å². The number of halogens is 2. The minimum atomic E-state index is -0.571. The van der Waals surface area contributed by atoms with E-state index in [1.54, 1.807) is 42.5 Å². The highest BCUT2D eigenvalue weighted by molar-refractivity contribution is 6.31. The number of carbonyl (C=O) groups excluding carboxylic acids is 2. The van der Waals surface area contributed by atoms with Gasteiger partial charge in [0.2, 0.25) is 5.91 Å². The molecule has 128 valence electrons. The van der Waals surface area contributed by atoms with Gasteiger partial charge in [0, 0.05) is 20.9 Å². The lowest BCUT2D eigenvalue weighted by Gasteiger charge is -2.17. The van der Waals surface area contributed by atoms with Gasteiger partial charge in [-0.2, -0.15) is 0 Å². The van der Waals surface area contributed by atoms with Crippen LogP contribution in [-0.4, -0.2) is 16.8 Å². The number of aromatic nitrogens is 1. The lowest BCUT2D eigenvalue weighted by Crippen LogP contribution is -2.32. The van der Waals surface area contributed by atoms with Gasteiger partial charge in [0.25, 0.3) is 5.91 Å². The third kappa shape index (κ3) is 4.13. The largest absolute Gasteiger partial charge is 0.370 e. The zero-order chi connectivity index (χ0) is 18.0. The molecular weight excluding hydrogens is 361 g/mol. The smallest absolute Gasteiger partial charge is 0.268 e. The summed E-state index contributed by atoms with van der Waals surface area (Å²) in [6.07, 6.45) is -0.0296.